The van der Waals surface area contributed by atoms with E-state index in [0.29, 0.717) is 28.8 Å². The maximum atomic E-state index is 13.6. The molecule has 0 saturated carbocycles. The lowest BCUT2D eigenvalue weighted by molar-refractivity contribution is -0.120. The first-order valence-electron chi connectivity index (χ1n) is 12.3. The minimum Gasteiger partial charge on any atom is -0.356 e. The normalized spacial score (nSPS) is 10.9. The number of benzene rings is 3. The van der Waals surface area contributed by atoms with E-state index in [4.69, 9.17) is 0 Å². The fourth-order valence-corrected chi connectivity index (χ4v) is 4.31. The zero-order chi connectivity index (χ0) is 26.5. The summed E-state index contributed by atoms with van der Waals surface area (Å²) in [5, 5.41) is 6.06. The molecule has 8 heteroatoms. The van der Waals surface area contributed by atoms with Crippen molar-refractivity contribution in [3.05, 3.63) is 104 Å². The van der Waals surface area contributed by atoms with Crippen molar-refractivity contribution in [1.29, 1.82) is 0 Å². The van der Waals surface area contributed by atoms with Crippen LogP contribution in [0.1, 0.15) is 30.0 Å². The van der Waals surface area contributed by atoms with Crippen LogP contribution in [0.2, 0.25) is 0 Å². The molecule has 37 heavy (non-hydrogen) atoms. The summed E-state index contributed by atoms with van der Waals surface area (Å²) >= 11 is 0. The smallest absolute Gasteiger partial charge is 0.336 e. The van der Waals surface area contributed by atoms with Gasteiger partial charge in [0.2, 0.25) is 11.8 Å². The molecule has 190 valence electrons. The Labute approximate surface area is 214 Å². The monoisotopic (exact) mass is 498 g/mol. The summed E-state index contributed by atoms with van der Waals surface area (Å²) in [7, 11) is 0. The van der Waals surface area contributed by atoms with Gasteiger partial charge in [-0.2, -0.15) is 0 Å². The van der Waals surface area contributed by atoms with Crippen LogP contribution >= 0.6 is 0 Å². The Bertz CT molecular complexity index is 1560. The van der Waals surface area contributed by atoms with Crippen molar-refractivity contribution in [2.45, 2.75) is 40.2 Å². The number of fused-ring (bicyclic) bond motifs is 1. The van der Waals surface area contributed by atoms with E-state index in [1.807, 2.05) is 39.0 Å². The quantitative estimate of drug-likeness (QED) is 0.388. The lowest BCUT2D eigenvalue weighted by Gasteiger charge is -2.16. The van der Waals surface area contributed by atoms with Crippen molar-refractivity contribution in [3.8, 4) is 5.69 Å². The van der Waals surface area contributed by atoms with Gasteiger partial charge in [0, 0.05) is 12.2 Å². The molecule has 0 unspecified atom stereocenters. The number of aryl methyl sites for hydroxylation is 2. The number of rotatable bonds is 8. The molecule has 0 bridgehead atoms. The van der Waals surface area contributed by atoms with Gasteiger partial charge in [-0.15, -0.1) is 0 Å². The molecule has 0 spiro atoms. The fourth-order valence-electron chi connectivity index (χ4n) is 4.31. The van der Waals surface area contributed by atoms with Gasteiger partial charge in [0.1, 0.15) is 6.54 Å². The SMILES string of the molecule is CCCNC(=O)Cc1ccc(-n2c(=O)c3ccccc3n(CC(=O)Nc3c(C)cccc3C)c2=O)cc1. The summed E-state index contributed by atoms with van der Waals surface area (Å²) in [4.78, 5) is 52.0. The Morgan fingerprint density at radius 3 is 2.19 bits per heavy atom. The van der Waals surface area contributed by atoms with Gasteiger partial charge in [0.15, 0.2) is 0 Å². The summed E-state index contributed by atoms with van der Waals surface area (Å²) in [5.41, 5.74) is 2.96. The number of nitrogens with one attached hydrogen (secondary N) is 2. The topological polar surface area (TPSA) is 102 Å². The minimum absolute atomic E-state index is 0.0882. The predicted molar refractivity (Wildman–Crippen MR) is 145 cm³/mol. The van der Waals surface area contributed by atoms with Gasteiger partial charge in [-0.25, -0.2) is 9.36 Å². The number of amides is 2. The highest BCUT2D eigenvalue weighted by Gasteiger charge is 2.17. The number of hydrogen-bond acceptors (Lipinski definition) is 4. The molecule has 0 aliphatic heterocycles. The highest BCUT2D eigenvalue weighted by Crippen LogP contribution is 2.19. The molecule has 0 aliphatic carbocycles. The maximum Gasteiger partial charge on any atom is 0.336 e. The van der Waals surface area contributed by atoms with Crippen LogP contribution in [-0.2, 0) is 22.6 Å². The van der Waals surface area contributed by atoms with Gasteiger partial charge < -0.3 is 10.6 Å². The molecule has 0 saturated heterocycles. The molecule has 1 heterocycles. The van der Waals surface area contributed by atoms with Crippen LogP contribution < -0.4 is 21.9 Å². The van der Waals surface area contributed by atoms with Crippen LogP contribution in [0.15, 0.2) is 76.3 Å². The number of carbonyl (C=O) groups is 2. The van der Waals surface area contributed by atoms with Gasteiger partial charge in [-0.05, 0) is 61.2 Å². The van der Waals surface area contributed by atoms with Crippen LogP contribution in [0.5, 0.6) is 0 Å². The molecule has 8 nitrogen and oxygen atoms in total. The highest BCUT2D eigenvalue weighted by molar-refractivity contribution is 5.93. The van der Waals surface area contributed by atoms with Crippen molar-refractivity contribution < 1.29 is 9.59 Å². The van der Waals surface area contributed by atoms with Crippen LogP contribution in [0.25, 0.3) is 16.6 Å². The van der Waals surface area contributed by atoms with E-state index in [2.05, 4.69) is 10.6 Å². The minimum atomic E-state index is -0.617. The van der Waals surface area contributed by atoms with E-state index in [0.717, 1.165) is 27.7 Å². The van der Waals surface area contributed by atoms with Gasteiger partial charge in [-0.3, -0.25) is 19.0 Å². The number of anilines is 1. The van der Waals surface area contributed by atoms with Gasteiger partial charge in [-0.1, -0.05) is 49.4 Å². The molecule has 0 aliphatic rings. The van der Waals surface area contributed by atoms with Crippen LogP contribution in [0.3, 0.4) is 0 Å². The van der Waals surface area contributed by atoms with Gasteiger partial charge in [0.05, 0.1) is 23.0 Å². The van der Waals surface area contributed by atoms with E-state index in [-0.39, 0.29) is 24.8 Å². The lowest BCUT2D eigenvalue weighted by atomic mass is 10.1. The zero-order valence-electron chi connectivity index (χ0n) is 21.2. The number of hydrogen-bond donors (Lipinski definition) is 2. The van der Waals surface area contributed by atoms with Gasteiger partial charge in [0.25, 0.3) is 5.56 Å². The van der Waals surface area contributed by atoms with E-state index >= 15 is 0 Å². The largest absolute Gasteiger partial charge is 0.356 e. The van der Waals surface area contributed by atoms with Crippen LogP contribution in [0, 0.1) is 13.8 Å². The molecular weight excluding hydrogens is 468 g/mol. The average Bonchev–Trinajstić information content (AvgIpc) is 2.88. The second-order valence-corrected chi connectivity index (χ2v) is 9.03. The molecule has 0 fully saturated rings. The zero-order valence-corrected chi connectivity index (χ0v) is 21.2. The van der Waals surface area contributed by atoms with Crippen LogP contribution in [0.4, 0.5) is 5.69 Å². The first kappa shape index (κ1) is 25.6. The summed E-state index contributed by atoms with van der Waals surface area (Å²) in [6, 6.07) is 19.2. The number of nitrogens with zero attached hydrogens (tertiary/aromatic N) is 2. The van der Waals surface area contributed by atoms with E-state index in [9.17, 15) is 19.2 Å². The molecule has 2 N–H and O–H groups in total. The van der Waals surface area contributed by atoms with Crippen molar-refractivity contribution in [1.82, 2.24) is 14.5 Å². The molecule has 0 atom stereocenters. The van der Waals surface area contributed by atoms with Gasteiger partial charge >= 0.3 is 5.69 Å². The summed E-state index contributed by atoms with van der Waals surface area (Å²) in [6.45, 7) is 6.14. The lowest BCUT2D eigenvalue weighted by Crippen LogP contribution is -2.40. The van der Waals surface area contributed by atoms with Crippen molar-refractivity contribution >= 4 is 28.4 Å². The Morgan fingerprint density at radius 1 is 0.838 bits per heavy atom. The van der Waals surface area contributed by atoms with E-state index in [1.54, 1.807) is 48.5 Å². The first-order valence-corrected chi connectivity index (χ1v) is 12.3. The number of aromatic nitrogens is 2. The Morgan fingerprint density at radius 2 is 1.51 bits per heavy atom. The van der Waals surface area contributed by atoms with E-state index in [1.165, 1.54) is 4.57 Å². The fraction of sp³-hybridized carbons (Fsp3) is 0.241. The van der Waals surface area contributed by atoms with E-state index < -0.39 is 11.2 Å². The Balaban J connectivity index is 1.71. The van der Waals surface area contributed by atoms with Crippen molar-refractivity contribution in [2.24, 2.45) is 0 Å². The number of carbonyl (C=O) groups excluding carboxylic acids is 2. The molecule has 3 aromatic carbocycles. The highest BCUT2D eigenvalue weighted by atomic mass is 16.2. The predicted octanol–water partition coefficient (Wildman–Crippen LogP) is 3.48. The molecular formula is C29H30N4O4. The first-order chi connectivity index (χ1) is 17.8. The third kappa shape index (κ3) is 5.53. The summed E-state index contributed by atoms with van der Waals surface area (Å²) < 4.78 is 2.38. The standard InChI is InChI=1S/C29H30N4O4/c1-4-16-30-25(34)17-21-12-14-22(15-13-21)33-28(36)23-10-5-6-11-24(23)32(29(33)37)18-26(35)31-27-19(2)8-7-9-20(27)3/h5-15H,4,16-18H2,1-3H3,(H,30,34)(H,31,35). The second kappa shape index (κ2) is 11.1. The van der Waals surface area contributed by atoms with Crippen molar-refractivity contribution in [3.63, 3.8) is 0 Å². The molecule has 4 rings (SSSR count). The summed E-state index contributed by atoms with van der Waals surface area (Å²) in [5.74, 6) is -0.460. The Kier molecular flexibility index (Phi) is 7.67. The molecule has 4 aromatic rings. The molecule has 0 radical (unpaired) electrons. The summed E-state index contributed by atoms with van der Waals surface area (Å²) in [6.07, 6.45) is 1.06. The maximum absolute atomic E-state index is 13.6. The number of para-hydroxylation sites is 2. The third-order valence-electron chi connectivity index (χ3n) is 6.23. The second-order valence-electron chi connectivity index (χ2n) is 9.03. The Hall–Kier alpha value is -4.46. The molecule has 1 aromatic heterocycles. The van der Waals surface area contributed by atoms with Crippen LogP contribution in [-0.4, -0.2) is 27.5 Å². The third-order valence-corrected chi connectivity index (χ3v) is 6.23. The molecule has 2 amide bonds. The van der Waals surface area contributed by atoms with Crippen molar-refractivity contribution in [2.75, 3.05) is 11.9 Å². The average molecular weight is 499 g/mol.